The average molecular weight is 262 g/mol. The lowest BCUT2D eigenvalue weighted by molar-refractivity contribution is -0.138. The van der Waals surface area contributed by atoms with Crippen LogP contribution in [-0.2, 0) is 4.79 Å². The molecule has 0 saturated heterocycles. The number of carboxylic acids is 1. The fourth-order valence-corrected chi connectivity index (χ4v) is 1.90. The van der Waals surface area contributed by atoms with E-state index < -0.39 is 12.0 Å². The molecule has 0 saturated carbocycles. The number of hydrogen-bond donors (Lipinski definition) is 1. The third-order valence-electron chi connectivity index (χ3n) is 2.41. The molecule has 1 rings (SSSR count). The first-order chi connectivity index (χ1) is 7.49. The lowest BCUT2D eigenvalue weighted by Crippen LogP contribution is -2.39. The van der Waals surface area contributed by atoms with Crippen LogP contribution in [0.1, 0.15) is 13.8 Å². The van der Waals surface area contributed by atoms with Crippen LogP contribution in [-0.4, -0.2) is 23.7 Å². The van der Waals surface area contributed by atoms with Gasteiger partial charge in [-0.3, -0.25) is 0 Å². The lowest BCUT2D eigenvalue weighted by atomic mass is 10.2. The van der Waals surface area contributed by atoms with Gasteiger partial charge in [0, 0.05) is 6.54 Å². The molecule has 3 nitrogen and oxygen atoms in total. The Morgan fingerprint density at radius 3 is 2.62 bits per heavy atom. The van der Waals surface area contributed by atoms with E-state index in [1.807, 2.05) is 6.92 Å². The Labute approximate surface area is 105 Å². The molecule has 0 unspecified atom stereocenters. The van der Waals surface area contributed by atoms with Crippen molar-refractivity contribution in [3.63, 3.8) is 0 Å². The summed E-state index contributed by atoms with van der Waals surface area (Å²) in [7, 11) is 0. The van der Waals surface area contributed by atoms with Crippen molar-refractivity contribution in [1.29, 1.82) is 0 Å². The quantitative estimate of drug-likeness (QED) is 0.905. The Hall–Kier alpha value is -0.930. The Balaban J connectivity index is 3.13. The summed E-state index contributed by atoms with van der Waals surface area (Å²) in [5.74, 6) is -0.891. The molecular weight excluding hydrogens is 249 g/mol. The van der Waals surface area contributed by atoms with Gasteiger partial charge in [-0.2, -0.15) is 0 Å². The van der Waals surface area contributed by atoms with Crippen LogP contribution in [0.3, 0.4) is 0 Å². The molecule has 1 aromatic carbocycles. The van der Waals surface area contributed by atoms with E-state index in [-0.39, 0.29) is 0 Å². The van der Waals surface area contributed by atoms with Crippen LogP contribution in [0.15, 0.2) is 18.2 Å². The molecule has 0 aliphatic heterocycles. The van der Waals surface area contributed by atoms with Crippen molar-refractivity contribution in [2.24, 2.45) is 0 Å². The molecule has 0 spiro atoms. The van der Waals surface area contributed by atoms with Gasteiger partial charge in [0.2, 0.25) is 0 Å². The standard InChI is InChI=1S/C11H13Cl2NO2/c1-3-14(7(2)11(15)16)9-6-4-5-8(12)10(9)13/h4-7H,3H2,1-2H3,(H,15,16)/t7-/m0/s1. The van der Waals surface area contributed by atoms with Crippen molar-refractivity contribution in [2.75, 3.05) is 11.4 Å². The zero-order valence-electron chi connectivity index (χ0n) is 9.08. The molecule has 0 amide bonds. The second-order valence-electron chi connectivity index (χ2n) is 3.37. The van der Waals surface area contributed by atoms with Gasteiger partial charge in [-0.25, -0.2) is 4.79 Å². The smallest absolute Gasteiger partial charge is 0.326 e. The van der Waals surface area contributed by atoms with Crippen LogP contribution in [0.25, 0.3) is 0 Å². The predicted molar refractivity (Wildman–Crippen MR) is 66.6 cm³/mol. The van der Waals surface area contributed by atoms with Crippen LogP contribution in [0.5, 0.6) is 0 Å². The topological polar surface area (TPSA) is 40.5 Å². The van der Waals surface area contributed by atoms with Crippen LogP contribution in [0.2, 0.25) is 10.0 Å². The SMILES string of the molecule is CCN(c1cccc(Cl)c1Cl)[C@@H](C)C(=O)O. The van der Waals surface area contributed by atoms with E-state index >= 15 is 0 Å². The summed E-state index contributed by atoms with van der Waals surface area (Å²) in [6.45, 7) is 4.03. The van der Waals surface area contributed by atoms with E-state index in [2.05, 4.69) is 0 Å². The summed E-state index contributed by atoms with van der Waals surface area (Å²) < 4.78 is 0. The Morgan fingerprint density at radius 1 is 1.50 bits per heavy atom. The summed E-state index contributed by atoms with van der Waals surface area (Å²) in [5.41, 5.74) is 0.645. The molecule has 0 fully saturated rings. The largest absolute Gasteiger partial charge is 0.480 e. The maximum absolute atomic E-state index is 11.0. The number of hydrogen-bond acceptors (Lipinski definition) is 2. The van der Waals surface area contributed by atoms with Crippen LogP contribution < -0.4 is 4.90 Å². The highest BCUT2D eigenvalue weighted by Crippen LogP contribution is 2.33. The zero-order valence-corrected chi connectivity index (χ0v) is 10.6. The van der Waals surface area contributed by atoms with Gasteiger partial charge in [0.25, 0.3) is 0 Å². The number of carboxylic acid groups (broad SMARTS) is 1. The number of nitrogens with zero attached hydrogens (tertiary/aromatic N) is 1. The molecule has 0 aromatic heterocycles. The lowest BCUT2D eigenvalue weighted by Gasteiger charge is -2.28. The van der Waals surface area contributed by atoms with E-state index in [9.17, 15) is 4.79 Å². The molecule has 0 aliphatic rings. The van der Waals surface area contributed by atoms with E-state index in [4.69, 9.17) is 28.3 Å². The highest BCUT2D eigenvalue weighted by atomic mass is 35.5. The maximum Gasteiger partial charge on any atom is 0.326 e. The first-order valence-corrected chi connectivity index (χ1v) is 5.68. The second-order valence-corrected chi connectivity index (χ2v) is 4.16. The summed E-state index contributed by atoms with van der Waals surface area (Å²) >= 11 is 11.9. The third kappa shape index (κ3) is 2.60. The molecule has 5 heteroatoms. The van der Waals surface area contributed by atoms with E-state index in [0.717, 1.165) is 0 Å². The maximum atomic E-state index is 11.0. The van der Waals surface area contributed by atoms with Crippen molar-refractivity contribution in [3.05, 3.63) is 28.2 Å². The number of rotatable bonds is 4. The minimum absolute atomic E-state index is 0.388. The number of halogens is 2. The van der Waals surface area contributed by atoms with E-state index in [0.29, 0.717) is 22.3 Å². The number of anilines is 1. The minimum atomic E-state index is -0.891. The van der Waals surface area contributed by atoms with E-state index in [1.54, 1.807) is 30.0 Å². The molecule has 0 bridgehead atoms. The summed E-state index contributed by atoms with van der Waals surface area (Å²) in [6.07, 6.45) is 0. The molecule has 0 heterocycles. The van der Waals surface area contributed by atoms with E-state index in [1.165, 1.54) is 0 Å². The summed E-state index contributed by atoms with van der Waals surface area (Å²) in [4.78, 5) is 12.6. The second kappa shape index (κ2) is 5.41. The van der Waals surface area contributed by atoms with Crippen LogP contribution in [0, 0.1) is 0 Å². The molecule has 88 valence electrons. The number of likely N-dealkylation sites (N-methyl/N-ethyl adjacent to an activating group) is 1. The molecule has 0 radical (unpaired) electrons. The highest BCUT2D eigenvalue weighted by molar-refractivity contribution is 6.43. The van der Waals surface area contributed by atoms with Crippen molar-refractivity contribution in [2.45, 2.75) is 19.9 Å². The fraction of sp³-hybridized carbons (Fsp3) is 0.364. The van der Waals surface area contributed by atoms with Gasteiger partial charge in [0.15, 0.2) is 0 Å². The molecule has 16 heavy (non-hydrogen) atoms. The van der Waals surface area contributed by atoms with Gasteiger partial charge in [0.1, 0.15) is 6.04 Å². The third-order valence-corrected chi connectivity index (χ3v) is 3.22. The Bertz CT molecular complexity index is 396. The predicted octanol–water partition coefficient (Wildman–Crippen LogP) is 3.29. The molecule has 1 atom stereocenters. The van der Waals surface area contributed by atoms with Crippen molar-refractivity contribution >= 4 is 34.9 Å². The Kier molecular flexibility index (Phi) is 4.44. The van der Waals surface area contributed by atoms with Gasteiger partial charge in [-0.1, -0.05) is 29.3 Å². The molecule has 0 aliphatic carbocycles. The van der Waals surface area contributed by atoms with Crippen LogP contribution >= 0.6 is 23.2 Å². The van der Waals surface area contributed by atoms with Crippen molar-refractivity contribution < 1.29 is 9.90 Å². The van der Waals surface area contributed by atoms with Crippen molar-refractivity contribution in [1.82, 2.24) is 0 Å². The number of aliphatic carboxylic acids is 1. The summed E-state index contributed by atoms with van der Waals surface area (Å²) in [6, 6.07) is 4.55. The van der Waals surface area contributed by atoms with Crippen LogP contribution in [0.4, 0.5) is 5.69 Å². The Morgan fingerprint density at radius 2 is 2.12 bits per heavy atom. The first kappa shape index (κ1) is 13.1. The van der Waals surface area contributed by atoms with Gasteiger partial charge in [-0.15, -0.1) is 0 Å². The van der Waals surface area contributed by atoms with Gasteiger partial charge in [0.05, 0.1) is 15.7 Å². The van der Waals surface area contributed by atoms with Gasteiger partial charge >= 0.3 is 5.97 Å². The first-order valence-electron chi connectivity index (χ1n) is 4.92. The normalized spacial score (nSPS) is 12.2. The fourth-order valence-electron chi connectivity index (χ4n) is 1.50. The van der Waals surface area contributed by atoms with Gasteiger partial charge < -0.3 is 10.0 Å². The van der Waals surface area contributed by atoms with Gasteiger partial charge in [-0.05, 0) is 26.0 Å². The average Bonchev–Trinajstić information content (AvgIpc) is 2.24. The minimum Gasteiger partial charge on any atom is -0.480 e. The highest BCUT2D eigenvalue weighted by Gasteiger charge is 2.21. The molecule has 1 aromatic rings. The monoisotopic (exact) mass is 261 g/mol. The molecular formula is C11H13Cl2NO2. The zero-order chi connectivity index (χ0) is 12.3. The molecule has 1 N–H and O–H groups in total. The number of benzene rings is 1. The van der Waals surface area contributed by atoms with Crippen molar-refractivity contribution in [3.8, 4) is 0 Å². The summed E-state index contributed by atoms with van der Waals surface area (Å²) in [5, 5.41) is 9.80. The number of carbonyl (C=O) groups is 1.